The minimum absolute atomic E-state index is 0.216. The molecule has 5 rings (SSSR count). The van der Waals surface area contributed by atoms with Gasteiger partial charge >= 0.3 is 11.8 Å². The Bertz CT molecular complexity index is 1380. The van der Waals surface area contributed by atoms with Crippen LogP contribution >= 0.6 is 11.6 Å². The summed E-state index contributed by atoms with van der Waals surface area (Å²) in [6.45, 7) is 6.63. The van der Waals surface area contributed by atoms with Gasteiger partial charge < -0.3 is 15.5 Å². The first-order valence-electron chi connectivity index (χ1n) is 11.6. The van der Waals surface area contributed by atoms with Crippen molar-refractivity contribution in [1.82, 2.24) is 5.32 Å². The van der Waals surface area contributed by atoms with Gasteiger partial charge in [-0.15, -0.1) is 0 Å². The second-order valence-corrected chi connectivity index (χ2v) is 10.1. The summed E-state index contributed by atoms with van der Waals surface area (Å²) in [6.07, 6.45) is 0.396. The number of hydrogen-bond donors (Lipinski definition) is 2. The number of fused-ring (bicyclic) bond motifs is 3. The van der Waals surface area contributed by atoms with Gasteiger partial charge in [-0.2, -0.15) is 0 Å². The second kappa shape index (κ2) is 8.54. The molecule has 1 fully saturated rings. The van der Waals surface area contributed by atoms with Crippen molar-refractivity contribution in [3.8, 4) is 11.1 Å². The molecule has 0 radical (unpaired) electrons. The number of carbonyl (C=O) groups excluding carboxylic acids is 3. The van der Waals surface area contributed by atoms with Crippen LogP contribution in [0.3, 0.4) is 0 Å². The Hall–Kier alpha value is -3.64. The molecule has 3 aromatic carbocycles. The van der Waals surface area contributed by atoms with E-state index in [9.17, 15) is 14.4 Å². The SMILES string of the molecule is Cc1ccc(N2CCC(NC(=O)C(=O)Nc3ccc4c(c3)C(C)(C)c3ccccc3-4)C2=O)c(Cl)c1. The molecule has 2 N–H and O–H groups in total. The molecule has 178 valence electrons. The number of rotatable bonds is 3. The van der Waals surface area contributed by atoms with Gasteiger partial charge in [-0.3, -0.25) is 14.4 Å². The van der Waals surface area contributed by atoms with Gasteiger partial charge in [0.2, 0.25) is 5.91 Å². The summed E-state index contributed by atoms with van der Waals surface area (Å²) in [6, 6.07) is 18.6. The van der Waals surface area contributed by atoms with Gasteiger partial charge in [0.25, 0.3) is 0 Å². The molecule has 7 heteroatoms. The van der Waals surface area contributed by atoms with Crippen LogP contribution in [0.25, 0.3) is 11.1 Å². The molecule has 3 aromatic rings. The van der Waals surface area contributed by atoms with Crippen LogP contribution in [0.1, 0.15) is 37.0 Å². The van der Waals surface area contributed by atoms with Crippen LogP contribution in [-0.4, -0.2) is 30.3 Å². The molecule has 2 aliphatic rings. The van der Waals surface area contributed by atoms with E-state index in [2.05, 4.69) is 36.6 Å². The Morgan fingerprint density at radius 3 is 2.49 bits per heavy atom. The number of nitrogens with zero attached hydrogens (tertiary/aromatic N) is 1. The van der Waals surface area contributed by atoms with Crippen molar-refractivity contribution in [2.45, 2.75) is 38.6 Å². The number of anilines is 2. The molecular formula is C28H26ClN3O3. The fourth-order valence-corrected chi connectivity index (χ4v) is 5.41. The van der Waals surface area contributed by atoms with Crippen LogP contribution in [0.4, 0.5) is 11.4 Å². The lowest BCUT2D eigenvalue weighted by Gasteiger charge is -2.22. The van der Waals surface area contributed by atoms with Crippen molar-refractivity contribution >= 4 is 40.7 Å². The number of hydrogen-bond acceptors (Lipinski definition) is 3. The van der Waals surface area contributed by atoms with Crippen LogP contribution in [-0.2, 0) is 19.8 Å². The Labute approximate surface area is 209 Å². The molecule has 1 unspecified atom stereocenters. The maximum absolute atomic E-state index is 12.9. The van der Waals surface area contributed by atoms with Gasteiger partial charge in [-0.1, -0.05) is 61.8 Å². The third kappa shape index (κ3) is 3.98. The first-order chi connectivity index (χ1) is 16.7. The van der Waals surface area contributed by atoms with Gasteiger partial charge in [0.15, 0.2) is 0 Å². The quantitative estimate of drug-likeness (QED) is 0.520. The zero-order valence-electron chi connectivity index (χ0n) is 19.8. The van der Waals surface area contributed by atoms with Crippen molar-refractivity contribution in [2.24, 2.45) is 0 Å². The predicted molar refractivity (Wildman–Crippen MR) is 138 cm³/mol. The highest BCUT2D eigenvalue weighted by Crippen LogP contribution is 2.49. The number of amides is 3. The molecule has 0 spiro atoms. The normalized spacial score (nSPS) is 17.7. The van der Waals surface area contributed by atoms with E-state index in [0.717, 1.165) is 16.7 Å². The van der Waals surface area contributed by atoms with Gasteiger partial charge in [-0.05, 0) is 65.4 Å². The van der Waals surface area contributed by atoms with E-state index in [1.807, 2.05) is 37.3 Å². The van der Waals surface area contributed by atoms with Crippen molar-refractivity contribution in [3.05, 3.63) is 82.4 Å². The van der Waals surface area contributed by atoms with Crippen LogP contribution in [0.15, 0.2) is 60.7 Å². The fourth-order valence-electron chi connectivity index (χ4n) is 5.08. The zero-order chi connectivity index (χ0) is 24.9. The van der Waals surface area contributed by atoms with E-state index >= 15 is 0 Å². The molecule has 1 aliphatic heterocycles. The van der Waals surface area contributed by atoms with Gasteiger partial charge in [-0.25, -0.2) is 0 Å². The highest BCUT2D eigenvalue weighted by Gasteiger charge is 2.37. The summed E-state index contributed by atoms with van der Waals surface area (Å²) in [5, 5.41) is 5.74. The topological polar surface area (TPSA) is 78.5 Å². The largest absolute Gasteiger partial charge is 0.336 e. The summed E-state index contributed by atoms with van der Waals surface area (Å²) >= 11 is 6.31. The molecule has 0 aromatic heterocycles. The van der Waals surface area contributed by atoms with Crippen LogP contribution in [0.5, 0.6) is 0 Å². The first kappa shape index (κ1) is 23.1. The molecule has 1 saturated heterocycles. The Morgan fingerprint density at radius 2 is 1.71 bits per heavy atom. The summed E-state index contributed by atoms with van der Waals surface area (Å²) in [7, 11) is 0. The lowest BCUT2D eigenvalue weighted by molar-refractivity contribution is -0.137. The molecule has 35 heavy (non-hydrogen) atoms. The Kier molecular flexibility index (Phi) is 5.64. The number of benzene rings is 3. The second-order valence-electron chi connectivity index (χ2n) is 9.64. The lowest BCUT2D eigenvalue weighted by atomic mass is 9.82. The molecule has 0 saturated carbocycles. The maximum Gasteiger partial charge on any atom is 0.313 e. The summed E-state index contributed by atoms with van der Waals surface area (Å²) in [5.41, 5.74) is 6.54. The van der Waals surface area contributed by atoms with Crippen LogP contribution in [0, 0.1) is 6.92 Å². The Balaban J connectivity index is 1.27. The van der Waals surface area contributed by atoms with Gasteiger partial charge in [0, 0.05) is 17.6 Å². The summed E-state index contributed by atoms with van der Waals surface area (Å²) in [5.74, 6) is -1.94. The van der Waals surface area contributed by atoms with Crippen molar-refractivity contribution in [1.29, 1.82) is 0 Å². The molecule has 0 bridgehead atoms. The molecular weight excluding hydrogens is 462 g/mol. The minimum atomic E-state index is -0.844. The third-order valence-corrected chi connectivity index (χ3v) is 7.26. The molecule has 6 nitrogen and oxygen atoms in total. The minimum Gasteiger partial charge on any atom is -0.336 e. The number of aryl methyl sites for hydroxylation is 1. The average Bonchev–Trinajstić information content (AvgIpc) is 3.29. The lowest BCUT2D eigenvalue weighted by Crippen LogP contribution is -2.46. The standard InChI is InChI=1S/C28H26ClN3O3/c1-16-8-11-24(22(29)14-16)32-13-12-23(27(32)35)31-26(34)25(33)30-17-9-10-19-18-6-4-5-7-20(18)28(2,3)21(19)15-17/h4-11,14-15,23H,12-13H2,1-3H3,(H,30,33)(H,31,34). The van der Waals surface area contributed by atoms with E-state index in [0.29, 0.717) is 29.4 Å². The van der Waals surface area contributed by atoms with Crippen molar-refractivity contribution in [3.63, 3.8) is 0 Å². The van der Waals surface area contributed by atoms with E-state index in [-0.39, 0.29) is 11.3 Å². The molecule has 1 atom stereocenters. The van der Waals surface area contributed by atoms with E-state index in [4.69, 9.17) is 11.6 Å². The molecule has 3 amide bonds. The fraction of sp³-hybridized carbons (Fsp3) is 0.250. The highest BCUT2D eigenvalue weighted by atomic mass is 35.5. The Morgan fingerprint density at radius 1 is 0.971 bits per heavy atom. The summed E-state index contributed by atoms with van der Waals surface area (Å²) < 4.78 is 0. The zero-order valence-corrected chi connectivity index (χ0v) is 20.6. The first-order valence-corrected chi connectivity index (χ1v) is 12.0. The predicted octanol–water partition coefficient (Wildman–Crippen LogP) is 4.81. The molecule has 1 heterocycles. The van der Waals surface area contributed by atoms with Crippen LogP contribution in [0.2, 0.25) is 5.02 Å². The van der Waals surface area contributed by atoms with Crippen molar-refractivity contribution in [2.75, 3.05) is 16.8 Å². The number of halogens is 1. The maximum atomic E-state index is 12.9. The third-order valence-electron chi connectivity index (χ3n) is 6.95. The summed E-state index contributed by atoms with van der Waals surface area (Å²) in [4.78, 5) is 39.7. The van der Waals surface area contributed by atoms with Crippen LogP contribution < -0.4 is 15.5 Å². The highest BCUT2D eigenvalue weighted by molar-refractivity contribution is 6.40. The number of nitrogens with one attached hydrogen (secondary N) is 2. The van der Waals surface area contributed by atoms with Gasteiger partial charge in [0.1, 0.15) is 6.04 Å². The van der Waals surface area contributed by atoms with E-state index < -0.39 is 17.9 Å². The van der Waals surface area contributed by atoms with E-state index in [1.165, 1.54) is 11.1 Å². The molecule has 1 aliphatic carbocycles. The van der Waals surface area contributed by atoms with Gasteiger partial charge in [0.05, 0.1) is 10.7 Å². The average molecular weight is 488 g/mol. The smallest absolute Gasteiger partial charge is 0.313 e. The monoisotopic (exact) mass is 487 g/mol. The van der Waals surface area contributed by atoms with E-state index in [1.54, 1.807) is 23.1 Å². The number of carbonyl (C=O) groups is 3. The van der Waals surface area contributed by atoms with Crippen molar-refractivity contribution < 1.29 is 14.4 Å².